The molecule has 0 spiro atoms. The van der Waals surface area contributed by atoms with Gasteiger partial charge in [-0.05, 0) is 48.9 Å². The first-order valence-electron chi connectivity index (χ1n) is 10.8. The van der Waals surface area contributed by atoms with Crippen LogP contribution >= 0.6 is 11.3 Å². The molecule has 6 nitrogen and oxygen atoms in total. The second-order valence-corrected chi connectivity index (χ2v) is 9.18. The standard InChI is InChI=1S/C26H22N4O2S/c1-15(14-31)18-7-9-20(21(11-18)22-10-16(2)27-13-23(22)32-3)25-30-24-26(33-25)29-19(12-28-24)8-6-17-4-5-17/h7,9-15,17H,4-5H2,1-3H3. The summed E-state index contributed by atoms with van der Waals surface area (Å²) in [5.74, 6) is 7.31. The molecular formula is C26H22N4O2S. The van der Waals surface area contributed by atoms with E-state index in [1.807, 2.05) is 38.1 Å². The van der Waals surface area contributed by atoms with Crippen molar-refractivity contribution < 1.29 is 9.53 Å². The lowest BCUT2D eigenvalue weighted by molar-refractivity contribution is -0.108. The van der Waals surface area contributed by atoms with Gasteiger partial charge in [-0.1, -0.05) is 36.3 Å². The lowest BCUT2D eigenvalue weighted by Crippen LogP contribution is -1.98. The number of pyridine rings is 1. The van der Waals surface area contributed by atoms with Crippen LogP contribution in [0, 0.1) is 24.7 Å². The number of aryl methyl sites for hydroxylation is 1. The van der Waals surface area contributed by atoms with Crippen molar-refractivity contribution in [3.63, 3.8) is 0 Å². The van der Waals surface area contributed by atoms with E-state index in [9.17, 15) is 4.79 Å². The van der Waals surface area contributed by atoms with Crippen LogP contribution in [0.15, 0.2) is 36.7 Å². The molecule has 0 bridgehead atoms. The molecular weight excluding hydrogens is 432 g/mol. The van der Waals surface area contributed by atoms with E-state index in [0.717, 1.165) is 44.1 Å². The summed E-state index contributed by atoms with van der Waals surface area (Å²) in [6, 6.07) is 8.00. The van der Waals surface area contributed by atoms with E-state index < -0.39 is 0 Å². The second-order valence-electron chi connectivity index (χ2n) is 8.20. The van der Waals surface area contributed by atoms with E-state index in [1.54, 1.807) is 19.5 Å². The number of benzene rings is 1. The minimum absolute atomic E-state index is 0.224. The zero-order valence-electron chi connectivity index (χ0n) is 18.6. The Morgan fingerprint density at radius 3 is 2.73 bits per heavy atom. The van der Waals surface area contributed by atoms with Crippen molar-refractivity contribution in [2.24, 2.45) is 5.92 Å². The number of hydrogen-bond donors (Lipinski definition) is 0. The number of hydrogen-bond acceptors (Lipinski definition) is 7. The number of rotatable bonds is 5. The molecule has 1 aliphatic rings. The minimum Gasteiger partial charge on any atom is -0.494 e. The highest BCUT2D eigenvalue weighted by Gasteiger charge is 2.20. The normalized spacial score (nSPS) is 13.9. The monoisotopic (exact) mass is 454 g/mol. The molecule has 0 aliphatic heterocycles. The third-order valence-electron chi connectivity index (χ3n) is 5.62. The van der Waals surface area contributed by atoms with Gasteiger partial charge in [-0.25, -0.2) is 15.0 Å². The van der Waals surface area contributed by atoms with Crippen LogP contribution in [0.5, 0.6) is 5.75 Å². The first-order chi connectivity index (χ1) is 16.1. The number of aromatic nitrogens is 4. The Balaban J connectivity index is 1.66. The van der Waals surface area contributed by atoms with Crippen molar-refractivity contribution >= 4 is 28.1 Å². The smallest absolute Gasteiger partial charge is 0.190 e. The summed E-state index contributed by atoms with van der Waals surface area (Å²) in [6.45, 7) is 3.83. The summed E-state index contributed by atoms with van der Waals surface area (Å²) in [5, 5.41) is 0.800. The first-order valence-corrected chi connectivity index (χ1v) is 11.6. The van der Waals surface area contributed by atoms with E-state index >= 15 is 0 Å². The lowest BCUT2D eigenvalue weighted by Gasteiger charge is -2.15. The second kappa shape index (κ2) is 8.72. The number of thiazole rings is 1. The Bertz CT molecular complexity index is 1430. The molecule has 4 aromatic rings. The van der Waals surface area contributed by atoms with Gasteiger partial charge in [0.15, 0.2) is 10.5 Å². The van der Waals surface area contributed by atoms with Gasteiger partial charge in [0.2, 0.25) is 0 Å². The predicted octanol–water partition coefficient (Wildman–Crippen LogP) is 5.20. The van der Waals surface area contributed by atoms with Crippen molar-refractivity contribution in [3.8, 4) is 39.3 Å². The molecule has 1 saturated carbocycles. The molecule has 1 atom stereocenters. The summed E-state index contributed by atoms with van der Waals surface area (Å²) in [4.78, 5) is 30.5. The van der Waals surface area contributed by atoms with Crippen molar-refractivity contribution in [1.29, 1.82) is 0 Å². The largest absolute Gasteiger partial charge is 0.494 e. The fourth-order valence-electron chi connectivity index (χ4n) is 3.55. The van der Waals surface area contributed by atoms with Gasteiger partial charge >= 0.3 is 0 Å². The Hall–Kier alpha value is -3.63. The quantitative estimate of drug-likeness (QED) is 0.305. The van der Waals surface area contributed by atoms with Gasteiger partial charge in [-0.2, -0.15) is 0 Å². The van der Waals surface area contributed by atoms with Crippen LogP contribution in [0.3, 0.4) is 0 Å². The molecule has 0 N–H and O–H groups in total. The molecule has 3 aromatic heterocycles. The molecule has 0 amide bonds. The van der Waals surface area contributed by atoms with Crippen molar-refractivity contribution in [2.75, 3.05) is 7.11 Å². The number of methoxy groups -OCH3 is 1. The predicted molar refractivity (Wildman–Crippen MR) is 129 cm³/mol. The molecule has 0 saturated heterocycles. The van der Waals surface area contributed by atoms with Crippen LogP contribution in [-0.2, 0) is 4.79 Å². The number of nitrogens with zero attached hydrogens (tertiary/aromatic N) is 4. The zero-order valence-corrected chi connectivity index (χ0v) is 19.4. The highest BCUT2D eigenvalue weighted by Crippen LogP contribution is 2.41. The van der Waals surface area contributed by atoms with Crippen molar-refractivity contribution in [3.05, 3.63) is 53.6 Å². The third-order valence-corrected chi connectivity index (χ3v) is 6.59. The Kier molecular flexibility index (Phi) is 5.61. The Morgan fingerprint density at radius 1 is 1.12 bits per heavy atom. The first kappa shape index (κ1) is 21.2. The third kappa shape index (κ3) is 4.35. The SMILES string of the molecule is COc1cnc(C)cc1-c1cc(C(C)C=O)ccc1-c1nc2ncc(C#CC3CC3)nc2s1. The fraction of sp³-hybridized carbons (Fsp3) is 0.269. The van der Waals surface area contributed by atoms with Gasteiger partial charge in [0.05, 0.1) is 19.5 Å². The number of carbonyl (C=O) groups excluding carboxylic acids is 1. The molecule has 7 heteroatoms. The maximum Gasteiger partial charge on any atom is 0.190 e. The van der Waals surface area contributed by atoms with Gasteiger partial charge in [-0.3, -0.25) is 4.98 Å². The summed E-state index contributed by atoms with van der Waals surface area (Å²) in [7, 11) is 1.63. The summed E-state index contributed by atoms with van der Waals surface area (Å²) in [6.07, 6.45) is 6.70. The Labute approximate surface area is 196 Å². The molecule has 1 fully saturated rings. The van der Waals surface area contributed by atoms with Crippen molar-refractivity contribution in [2.45, 2.75) is 32.6 Å². The highest BCUT2D eigenvalue weighted by molar-refractivity contribution is 7.21. The van der Waals surface area contributed by atoms with Gasteiger partial charge in [0.25, 0.3) is 0 Å². The molecule has 1 unspecified atom stereocenters. The van der Waals surface area contributed by atoms with Gasteiger partial charge in [0, 0.05) is 28.7 Å². The van der Waals surface area contributed by atoms with E-state index in [1.165, 1.54) is 24.2 Å². The maximum atomic E-state index is 11.5. The number of carbonyl (C=O) groups is 1. The Morgan fingerprint density at radius 2 is 1.97 bits per heavy atom. The van der Waals surface area contributed by atoms with Gasteiger partial charge in [-0.15, -0.1) is 0 Å². The molecule has 33 heavy (non-hydrogen) atoms. The molecule has 164 valence electrons. The van der Waals surface area contributed by atoms with Crippen LogP contribution in [0.4, 0.5) is 0 Å². The summed E-state index contributed by atoms with van der Waals surface area (Å²) >= 11 is 1.48. The van der Waals surface area contributed by atoms with E-state index in [0.29, 0.717) is 23.0 Å². The molecule has 1 aromatic carbocycles. The average Bonchev–Trinajstić information content (AvgIpc) is 3.58. The van der Waals surface area contributed by atoms with Crippen LogP contribution in [-0.4, -0.2) is 33.3 Å². The summed E-state index contributed by atoms with van der Waals surface area (Å²) < 4.78 is 5.61. The van der Waals surface area contributed by atoms with Crippen LogP contribution in [0.2, 0.25) is 0 Å². The van der Waals surface area contributed by atoms with Crippen molar-refractivity contribution in [1.82, 2.24) is 19.9 Å². The lowest BCUT2D eigenvalue weighted by atomic mass is 9.93. The molecule has 5 rings (SSSR count). The number of aldehydes is 1. The van der Waals surface area contributed by atoms with E-state index in [2.05, 4.69) is 26.8 Å². The van der Waals surface area contributed by atoms with Crippen LogP contribution < -0.4 is 4.74 Å². The van der Waals surface area contributed by atoms with E-state index in [-0.39, 0.29) is 5.92 Å². The van der Waals surface area contributed by atoms with Gasteiger partial charge < -0.3 is 9.53 Å². The van der Waals surface area contributed by atoms with Crippen LogP contribution in [0.25, 0.3) is 32.2 Å². The molecule has 3 heterocycles. The average molecular weight is 455 g/mol. The van der Waals surface area contributed by atoms with Crippen LogP contribution in [0.1, 0.15) is 42.6 Å². The number of ether oxygens (including phenoxy) is 1. The fourth-order valence-corrected chi connectivity index (χ4v) is 4.49. The minimum atomic E-state index is -0.224. The number of fused-ring (bicyclic) bond motifs is 1. The molecule has 0 radical (unpaired) electrons. The molecule has 1 aliphatic carbocycles. The topological polar surface area (TPSA) is 77.9 Å². The highest BCUT2D eigenvalue weighted by atomic mass is 32.1. The summed E-state index contributed by atoms with van der Waals surface area (Å²) in [5.41, 5.74) is 5.82. The maximum absolute atomic E-state index is 11.5. The van der Waals surface area contributed by atoms with E-state index in [4.69, 9.17) is 9.72 Å². The van der Waals surface area contributed by atoms with Gasteiger partial charge in [0.1, 0.15) is 22.7 Å². The zero-order chi connectivity index (χ0) is 22.9.